The normalized spacial score (nSPS) is 11.3. The summed E-state index contributed by atoms with van der Waals surface area (Å²) in [5, 5.41) is 11.7. The molecule has 2 aromatic carbocycles. The summed E-state index contributed by atoms with van der Waals surface area (Å²) < 4.78 is 33.1. The zero-order valence-corrected chi connectivity index (χ0v) is 20.3. The van der Waals surface area contributed by atoms with Gasteiger partial charge in [-0.25, -0.2) is 13.1 Å². The van der Waals surface area contributed by atoms with E-state index in [2.05, 4.69) is 20.2 Å². The molecule has 0 aliphatic carbocycles. The fourth-order valence-electron chi connectivity index (χ4n) is 2.49. The first-order valence-corrected chi connectivity index (χ1v) is 13.2. The highest BCUT2D eigenvalue weighted by molar-refractivity contribution is 8.00. The molecule has 3 aromatic rings. The minimum absolute atomic E-state index is 0.0386. The smallest absolute Gasteiger partial charge is 0.240 e. The maximum Gasteiger partial charge on any atom is 0.240 e. The summed E-state index contributed by atoms with van der Waals surface area (Å²) in [5.74, 6) is 0.936. The minimum Gasteiger partial charge on any atom is -0.494 e. The molecule has 0 atom stereocenters. The van der Waals surface area contributed by atoms with Gasteiger partial charge >= 0.3 is 0 Å². The Balaban J connectivity index is 1.43. The van der Waals surface area contributed by atoms with Gasteiger partial charge in [0, 0.05) is 23.7 Å². The van der Waals surface area contributed by atoms with Crippen molar-refractivity contribution in [2.24, 2.45) is 0 Å². The van der Waals surface area contributed by atoms with Crippen LogP contribution in [-0.4, -0.2) is 37.7 Å². The molecule has 0 spiro atoms. The van der Waals surface area contributed by atoms with Gasteiger partial charge in [0.25, 0.3) is 0 Å². The first kappa shape index (κ1) is 24.5. The lowest BCUT2D eigenvalue weighted by Crippen LogP contribution is -2.27. The van der Waals surface area contributed by atoms with Crippen molar-refractivity contribution in [1.29, 1.82) is 0 Å². The van der Waals surface area contributed by atoms with E-state index in [1.54, 1.807) is 12.1 Å². The SMILES string of the molecule is CCOc1ccc(S(=O)(=O)NCCC(=O)Nc2nnc(SCc3ccc(Cl)cc3)s2)cc1. The number of anilines is 1. The molecular weight excluding hydrogens is 492 g/mol. The predicted molar refractivity (Wildman–Crippen MR) is 127 cm³/mol. The van der Waals surface area contributed by atoms with E-state index in [4.69, 9.17) is 16.3 Å². The Morgan fingerprint density at radius 2 is 1.84 bits per heavy atom. The van der Waals surface area contributed by atoms with Gasteiger partial charge in [0.1, 0.15) is 5.75 Å². The van der Waals surface area contributed by atoms with Crippen LogP contribution in [0, 0.1) is 0 Å². The average molecular weight is 513 g/mol. The molecule has 0 saturated heterocycles. The Bertz CT molecular complexity index is 1140. The van der Waals surface area contributed by atoms with Crippen molar-refractivity contribution in [2.75, 3.05) is 18.5 Å². The molecule has 1 aromatic heterocycles. The monoisotopic (exact) mass is 512 g/mol. The number of carbonyl (C=O) groups excluding carboxylic acids is 1. The Labute approximate surface area is 199 Å². The van der Waals surface area contributed by atoms with Crippen LogP contribution in [0.5, 0.6) is 5.75 Å². The Morgan fingerprint density at radius 3 is 2.53 bits per heavy atom. The number of ether oxygens (including phenoxy) is 1. The van der Waals surface area contributed by atoms with E-state index < -0.39 is 10.0 Å². The van der Waals surface area contributed by atoms with Crippen molar-refractivity contribution in [3.8, 4) is 5.75 Å². The molecule has 2 N–H and O–H groups in total. The zero-order valence-electron chi connectivity index (χ0n) is 17.1. The second-order valence-electron chi connectivity index (χ2n) is 6.39. The lowest BCUT2D eigenvalue weighted by Gasteiger charge is -2.08. The van der Waals surface area contributed by atoms with Crippen molar-refractivity contribution in [1.82, 2.24) is 14.9 Å². The number of carbonyl (C=O) groups is 1. The molecule has 1 amide bonds. The number of benzene rings is 2. The molecule has 0 radical (unpaired) electrons. The molecule has 32 heavy (non-hydrogen) atoms. The van der Waals surface area contributed by atoms with Crippen molar-refractivity contribution >= 4 is 55.8 Å². The van der Waals surface area contributed by atoms with Crippen LogP contribution in [0.1, 0.15) is 18.9 Å². The molecule has 170 valence electrons. The molecule has 0 unspecified atom stereocenters. The summed E-state index contributed by atoms with van der Waals surface area (Å²) in [4.78, 5) is 12.2. The van der Waals surface area contributed by atoms with Gasteiger partial charge in [0.05, 0.1) is 11.5 Å². The van der Waals surface area contributed by atoms with Gasteiger partial charge < -0.3 is 10.1 Å². The van der Waals surface area contributed by atoms with Crippen LogP contribution in [0.15, 0.2) is 57.8 Å². The van der Waals surface area contributed by atoms with Gasteiger partial charge in [-0.2, -0.15) is 0 Å². The first-order chi connectivity index (χ1) is 15.4. The molecule has 1 heterocycles. The number of nitrogens with one attached hydrogen (secondary N) is 2. The zero-order chi connectivity index (χ0) is 23.0. The number of thioether (sulfide) groups is 1. The summed E-state index contributed by atoms with van der Waals surface area (Å²) in [6.07, 6.45) is -0.0386. The van der Waals surface area contributed by atoms with Gasteiger partial charge in [0.2, 0.25) is 21.1 Å². The summed E-state index contributed by atoms with van der Waals surface area (Å²) in [6.45, 7) is 2.30. The Kier molecular flexibility index (Phi) is 8.88. The number of rotatable bonds is 11. The molecular formula is C20H21ClN4O4S3. The Morgan fingerprint density at radius 1 is 1.12 bits per heavy atom. The van der Waals surface area contributed by atoms with E-state index >= 15 is 0 Å². The molecule has 8 nitrogen and oxygen atoms in total. The second-order valence-corrected chi connectivity index (χ2v) is 10.8. The van der Waals surface area contributed by atoms with Gasteiger partial charge in [-0.05, 0) is 48.9 Å². The predicted octanol–water partition coefficient (Wildman–Crippen LogP) is 4.19. The van der Waals surface area contributed by atoms with E-state index in [9.17, 15) is 13.2 Å². The maximum atomic E-state index is 12.3. The van der Waals surface area contributed by atoms with Crippen molar-refractivity contribution in [3.63, 3.8) is 0 Å². The fourth-order valence-corrected chi connectivity index (χ4v) is 5.37. The summed E-state index contributed by atoms with van der Waals surface area (Å²) in [7, 11) is -3.72. The first-order valence-electron chi connectivity index (χ1n) is 9.59. The molecule has 12 heteroatoms. The van der Waals surface area contributed by atoms with Crippen molar-refractivity contribution < 1.29 is 17.9 Å². The van der Waals surface area contributed by atoms with Gasteiger partial charge in [-0.15, -0.1) is 10.2 Å². The van der Waals surface area contributed by atoms with Crippen LogP contribution >= 0.6 is 34.7 Å². The van der Waals surface area contributed by atoms with E-state index in [0.717, 1.165) is 5.56 Å². The molecule has 0 saturated carbocycles. The standard InChI is InChI=1S/C20H21ClN4O4S3/c1-2-29-16-7-9-17(10-8-16)32(27,28)22-12-11-18(26)23-19-24-25-20(31-19)30-13-14-3-5-15(21)6-4-14/h3-10,22H,2,11-13H2,1H3,(H,23,24,26). The van der Waals surface area contributed by atoms with Crippen LogP contribution in [0.3, 0.4) is 0 Å². The maximum absolute atomic E-state index is 12.3. The number of hydrogen-bond donors (Lipinski definition) is 2. The number of aromatic nitrogens is 2. The fraction of sp³-hybridized carbons (Fsp3) is 0.250. The number of nitrogens with zero attached hydrogens (tertiary/aromatic N) is 2. The van der Waals surface area contributed by atoms with Crippen molar-refractivity contribution in [2.45, 2.75) is 28.3 Å². The second kappa shape index (κ2) is 11.6. The highest BCUT2D eigenvalue weighted by Crippen LogP contribution is 2.28. The number of amides is 1. The van der Waals surface area contributed by atoms with Crippen LogP contribution < -0.4 is 14.8 Å². The summed E-state index contributed by atoms with van der Waals surface area (Å²) in [5.41, 5.74) is 1.10. The third-order valence-corrected chi connectivity index (χ3v) is 7.79. The van der Waals surface area contributed by atoms with E-state index in [0.29, 0.717) is 32.6 Å². The minimum atomic E-state index is -3.72. The van der Waals surface area contributed by atoms with Crippen molar-refractivity contribution in [3.05, 3.63) is 59.1 Å². The summed E-state index contributed by atoms with van der Waals surface area (Å²) >= 11 is 8.64. The largest absolute Gasteiger partial charge is 0.494 e. The molecule has 0 fully saturated rings. The third kappa shape index (κ3) is 7.45. The van der Waals surface area contributed by atoms with E-state index in [1.807, 2.05) is 31.2 Å². The number of sulfonamides is 1. The van der Waals surface area contributed by atoms with E-state index in [-0.39, 0.29) is 23.8 Å². The van der Waals surface area contributed by atoms with E-state index in [1.165, 1.54) is 35.2 Å². The third-order valence-electron chi connectivity index (χ3n) is 4.02. The lowest BCUT2D eigenvalue weighted by atomic mass is 10.2. The highest BCUT2D eigenvalue weighted by Gasteiger charge is 2.15. The summed E-state index contributed by atoms with van der Waals surface area (Å²) in [6, 6.07) is 13.6. The molecule has 0 aliphatic rings. The van der Waals surface area contributed by atoms with Gasteiger partial charge in [-0.1, -0.05) is 46.8 Å². The highest BCUT2D eigenvalue weighted by atomic mass is 35.5. The number of halogens is 1. The Hall–Kier alpha value is -2.18. The van der Waals surface area contributed by atoms with Crippen LogP contribution in [0.2, 0.25) is 5.02 Å². The van der Waals surface area contributed by atoms with Gasteiger partial charge in [0.15, 0.2) is 4.34 Å². The average Bonchev–Trinajstić information content (AvgIpc) is 3.21. The quantitative estimate of drug-likeness (QED) is 0.293. The topological polar surface area (TPSA) is 110 Å². The molecule has 3 rings (SSSR count). The lowest BCUT2D eigenvalue weighted by molar-refractivity contribution is -0.116. The number of hydrogen-bond acceptors (Lipinski definition) is 8. The molecule has 0 bridgehead atoms. The van der Waals surface area contributed by atoms with Gasteiger partial charge in [-0.3, -0.25) is 4.79 Å². The van der Waals surface area contributed by atoms with Crippen LogP contribution in [-0.2, 0) is 20.6 Å². The molecule has 0 aliphatic heterocycles. The van der Waals surface area contributed by atoms with Crippen LogP contribution in [0.25, 0.3) is 0 Å². The van der Waals surface area contributed by atoms with Crippen LogP contribution in [0.4, 0.5) is 5.13 Å².